The lowest BCUT2D eigenvalue weighted by Gasteiger charge is -2.37. The molecule has 2 fully saturated rings. The minimum atomic E-state index is -0.892. The molecular weight excluding hydrogens is 278 g/mol. The van der Waals surface area contributed by atoms with E-state index >= 15 is 0 Å². The van der Waals surface area contributed by atoms with Gasteiger partial charge in [0.25, 0.3) is 11.8 Å². The van der Waals surface area contributed by atoms with E-state index in [1.165, 1.54) is 0 Å². The standard InChI is InChI=1S/C12H15N5O4/c18-8-2-1-7(15-16-8)9(19)17-5-3-12(4-6-17)10(20)13-11(21)14-12/h1-6H2,(H,16,18)(H2,13,14,20,21). The van der Waals surface area contributed by atoms with Gasteiger partial charge in [0.15, 0.2) is 0 Å². The Hall–Kier alpha value is -2.45. The van der Waals surface area contributed by atoms with Crippen LogP contribution in [0.2, 0.25) is 0 Å². The molecule has 112 valence electrons. The first-order valence-electron chi connectivity index (χ1n) is 6.78. The fraction of sp³-hybridized carbons (Fsp3) is 0.583. The lowest BCUT2D eigenvalue weighted by Crippen LogP contribution is -2.56. The Balaban J connectivity index is 1.63. The molecule has 0 aromatic carbocycles. The number of nitrogens with zero attached hydrogens (tertiary/aromatic N) is 2. The molecule has 0 radical (unpaired) electrons. The van der Waals surface area contributed by atoms with Gasteiger partial charge in [0.2, 0.25) is 5.91 Å². The molecular formula is C12H15N5O4. The molecule has 3 rings (SSSR count). The van der Waals surface area contributed by atoms with Crippen molar-refractivity contribution < 1.29 is 19.2 Å². The third kappa shape index (κ3) is 2.34. The summed E-state index contributed by atoms with van der Waals surface area (Å²) in [5, 5.41) is 8.64. The molecule has 2 saturated heterocycles. The average Bonchev–Trinajstić information content (AvgIpc) is 2.74. The molecule has 0 aromatic rings. The number of hydrogen-bond acceptors (Lipinski definition) is 5. The molecule has 9 nitrogen and oxygen atoms in total. The second-order valence-corrected chi connectivity index (χ2v) is 5.38. The Kier molecular flexibility index (Phi) is 3.11. The van der Waals surface area contributed by atoms with Gasteiger partial charge in [0, 0.05) is 25.9 Å². The van der Waals surface area contributed by atoms with E-state index in [0.717, 1.165) is 0 Å². The van der Waals surface area contributed by atoms with Gasteiger partial charge in [-0.3, -0.25) is 19.7 Å². The molecule has 3 heterocycles. The summed E-state index contributed by atoms with van der Waals surface area (Å²) in [4.78, 5) is 47.9. The van der Waals surface area contributed by atoms with E-state index in [-0.39, 0.29) is 24.1 Å². The molecule has 9 heteroatoms. The summed E-state index contributed by atoms with van der Waals surface area (Å²) in [6.07, 6.45) is 1.32. The maximum atomic E-state index is 12.3. The van der Waals surface area contributed by atoms with Gasteiger partial charge in [0.1, 0.15) is 11.3 Å². The first-order chi connectivity index (χ1) is 10.00. The highest BCUT2D eigenvalue weighted by molar-refractivity contribution is 6.39. The van der Waals surface area contributed by atoms with Crippen LogP contribution in [-0.4, -0.2) is 53.0 Å². The van der Waals surface area contributed by atoms with Crippen LogP contribution in [0.5, 0.6) is 0 Å². The van der Waals surface area contributed by atoms with Crippen molar-refractivity contribution in [3.63, 3.8) is 0 Å². The molecule has 1 spiro atoms. The van der Waals surface area contributed by atoms with E-state index in [1.807, 2.05) is 0 Å². The Bertz CT molecular complexity index is 562. The Morgan fingerprint density at radius 2 is 1.86 bits per heavy atom. The van der Waals surface area contributed by atoms with E-state index in [9.17, 15) is 19.2 Å². The number of amides is 5. The number of urea groups is 1. The van der Waals surface area contributed by atoms with Crippen molar-refractivity contribution in [2.75, 3.05) is 13.1 Å². The van der Waals surface area contributed by atoms with E-state index in [1.54, 1.807) is 4.90 Å². The lowest BCUT2D eigenvalue weighted by molar-refractivity contribution is -0.131. The van der Waals surface area contributed by atoms with Gasteiger partial charge in [-0.05, 0) is 12.8 Å². The molecule has 3 aliphatic heterocycles. The van der Waals surface area contributed by atoms with Crippen molar-refractivity contribution in [2.24, 2.45) is 5.10 Å². The lowest BCUT2D eigenvalue weighted by atomic mass is 9.87. The van der Waals surface area contributed by atoms with Crippen molar-refractivity contribution in [2.45, 2.75) is 31.2 Å². The van der Waals surface area contributed by atoms with Crippen LogP contribution in [0.3, 0.4) is 0 Å². The number of rotatable bonds is 1. The Morgan fingerprint density at radius 3 is 2.38 bits per heavy atom. The minimum Gasteiger partial charge on any atom is -0.337 e. The molecule has 21 heavy (non-hydrogen) atoms. The zero-order valence-corrected chi connectivity index (χ0v) is 11.3. The van der Waals surface area contributed by atoms with Crippen LogP contribution in [0.1, 0.15) is 25.7 Å². The van der Waals surface area contributed by atoms with Crippen molar-refractivity contribution in [1.82, 2.24) is 21.0 Å². The van der Waals surface area contributed by atoms with Crippen molar-refractivity contribution >= 4 is 29.5 Å². The molecule has 0 atom stereocenters. The van der Waals surface area contributed by atoms with Crippen molar-refractivity contribution in [1.29, 1.82) is 0 Å². The van der Waals surface area contributed by atoms with Crippen LogP contribution in [0.15, 0.2) is 5.10 Å². The predicted octanol–water partition coefficient (Wildman–Crippen LogP) is -1.55. The second-order valence-electron chi connectivity index (χ2n) is 5.38. The average molecular weight is 293 g/mol. The van der Waals surface area contributed by atoms with Crippen molar-refractivity contribution in [3.05, 3.63) is 0 Å². The molecule has 0 unspecified atom stereocenters. The van der Waals surface area contributed by atoms with Gasteiger partial charge in [-0.2, -0.15) is 5.10 Å². The number of hydrazone groups is 1. The number of carbonyl (C=O) groups is 4. The zero-order chi connectivity index (χ0) is 15.0. The number of piperidine rings is 1. The third-order valence-corrected chi connectivity index (χ3v) is 4.07. The van der Waals surface area contributed by atoms with E-state index < -0.39 is 11.6 Å². The normalized spacial score (nSPS) is 24.3. The van der Waals surface area contributed by atoms with Gasteiger partial charge in [-0.25, -0.2) is 10.2 Å². The SMILES string of the molecule is O=C1CCC(C(=O)N2CCC3(CC2)NC(=O)NC3=O)=NN1. The molecule has 0 aliphatic carbocycles. The summed E-state index contributed by atoms with van der Waals surface area (Å²) in [6, 6.07) is -0.487. The van der Waals surface area contributed by atoms with E-state index in [0.29, 0.717) is 38.1 Å². The summed E-state index contributed by atoms with van der Waals surface area (Å²) in [5.41, 5.74) is 1.73. The third-order valence-electron chi connectivity index (χ3n) is 4.07. The van der Waals surface area contributed by atoms with Gasteiger partial charge in [-0.1, -0.05) is 0 Å². The molecule has 0 bridgehead atoms. The van der Waals surface area contributed by atoms with Gasteiger partial charge in [-0.15, -0.1) is 0 Å². The Morgan fingerprint density at radius 1 is 1.14 bits per heavy atom. The summed E-state index contributed by atoms with van der Waals surface area (Å²) < 4.78 is 0. The number of hydrogen-bond donors (Lipinski definition) is 3. The monoisotopic (exact) mass is 293 g/mol. The summed E-state index contributed by atoms with van der Waals surface area (Å²) >= 11 is 0. The van der Waals surface area contributed by atoms with E-state index in [4.69, 9.17) is 0 Å². The van der Waals surface area contributed by atoms with Crippen LogP contribution >= 0.6 is 0 Å². The molecule has 3 N–H and O–H groups in total. The van der Waals surface area contributed by atoms with Crippen LogP contribution in [0.4, 0.5) is 4.79 Å². The fourth-order valence-corrected chi connectivity index (χ4v) is 2.78. The largest absolute Gasteiger partial charge is 0.337 e. The Labute approximate surface area is 120 Å². The summed E-state index contributed by atoms with van der Waals surface area (Å²) in [5.74, 6) is -0.758. The maximum absolute atomic E-state index is 12.3. The van der Waals surface area contributed by atoms with Crippen LogP contribution in [0, 0.1) is 0 Å². The number of carbonyl (C=O) groups excluding carboxylic acids is 4. The van der Waals surface area contributed by atoms with Crippen LogP contribution < -0.4 is 16.1 Å². The fourth-order valence-electron chi connectivity index (χ4n) is 2.78. The minimum absolute atomic E-state index is 0.200. The van der Waals surface area contributed by atoms with Crippen molar-refractivity contribution in [3.8, 4) is 0 Å². The first kappa shape index (κ1) is 13.5. The molecule has 0 aromatic heterocycles. The van der Waals surface area contributed by atoms with Gasteiger partial charge in [0.05, 0.1) is 0 Å². The highest BCUT2D eigenvalue weighted by Gasteiger charge is 2.48. The van der Waals surface area contributed by atoms with E-state index in [2.05, 4.69) is 21.2 Å². The molecule has 0 saturated carbocycles. The maximum Gasteiger partial charge on any atom is 0.322 e. The number of nitrogens with one attached hydrogen (secondary N) is 3. The summed E-state index contributed by atoms with van der Waals surface area (Å²) in [6.45, 7) is 0.721. The predicted molar refractivity (Wildman–Crippen MR) is 70.0 cm³/mol. The quantitative estimate of drug-likeness (QED) is 0.507. The molecule has 3 aliphatic rings. The highest BCUT2D eigenvalue weighted by Crippen LogP contribution is 2.25. The zero-order valence-electron chi connectivity index (χ0n) is 11.3. The van der Waals surface area contributed by atoms with Gasteiger partial charge < -0.3 is 10.2 Å². The number of imide groups is 1. The van der Waals surface area contributed by atoms with Crippen LogP contribution in [0.25, 0.3) is 0 Å². The molecule has 5 amide bonds. The first-order valence-corrected chi connectivity index (χ1v) is 6.78. The summed E-state index contributed by atoms with van der Waals surface area (Å²) in [7, 11) is 0. The smallest absolute Gasteiger partial charge is 0.322 e. The van der Waals surface area contributed by atoms with Crippen LogP contribution in [-0.2, 0) is 14.4 Å². The number of likely N-dealkylation sites (tertiary alicyclic amines) is 1. The topological polar surface area (TPSA) is 120 Å². The second kappa shape index (κ2) is 4.83. The highest BCUT2D eigenvalue weighted by atomic mass is 16.2. The van der Waals surface area contributed by atoms with Gasteiger partial charge >= 0.3 is 6.03 Å².